The van der Waals surface area contributed by atoms with Gasteiger partial charge in [-0.3, -0.25) is 4.98 Å². The van der Waals surface area contributed by atoms with Gasteiger partial charge in [-0.25, -0.2) is 4.79 Å². The zero-order valence-corrected chi connectivity index (χ0v) is 14.6. The molecular weight excluding hydrogens is 314 g/mol. The fourth-order valence-corrected chi connectivity index (χ4v) is 3.49. The first-order valence-corrected chi connectivity index (χ1v) is 8.87. The standard InChI is InChI=1S/C20H25N3O2/c1-15-14-21-11-10-18(15)22-20(25)23(12-5-13-24)19-9-4-7-16-6-2-3-8-17(16)19/h2-3,6,8,10-11,14,19,24H,4-5,7,9,12-13H2,1H3,(H,21,22,25). The minimum Gasteiger partial charge on any atom is -0.396 e. The number of anilines is 1. The van der Waals surface area contributed by atoms with Gasteiger partial charge in [-0.15, -0.1) is 0 Å². The highest BCUT2D eigenvalue weighted by Crippen LogP contribution is 2.34. The number of aliphatic hydroxyl groups is 1. The lowest BCUT2D eigenvalue weighted by atomic mass is 9.87. The van der Waals surface area contributed by atoms with Crippen molar-refractivity contribution in [2.24, 2.45) is 0 Å². The van der Waals surface area contributed by atoms with E-state index in [1.54, 1.807) is 12.4 Å². The Kier molecular flexibility index (Phi) is 5.66. The summed E-state index contributed by atoms with van der Waals surface area (Å²) in [5.41, 5.74) is 4.26. The lowest BCUT2D eigenvalue weighted by molar-refractivity contribution is 0.169. The number of rotatable bonds is 5. The number of nitrogens with zero attached hydrogens (tertiary/aromatic N) is 2. The molecule has 2 amide bonds. The van der Waals surface area contributed by atoms with Gasteiger partial charge in [-0.1, -0.05) is 24.3 Å². The van der Waals surface area contributed by atoms with Gasteiger partial charge in [0.1, 0.15) is 0 Å². The third-order valence-corrected chi connectivity index (χ3v) is 4.79. The molecule has 5 nitrogen and oxygen atoms in total. The van der Waals surface area contributed by atoms with E-state index in [-0.39, 0.29) is 18.7 Å². The number of nitrogens with one attached hydrogen (secondary N) is 1. The third-order valence-electron chi connectivity index (χ3n) is 4.79. The fourth-order valence-electron chi connectivity index (χ4n) is 3.49. The molecule has 25 heavy (non-hydrogen) atoms. The molecule has 2 aromatic rings. The molecule has 0 saturated heterocycles. The van der Waals surface area contributed by atoms with Gasteiger partial charge >= 0.3 is 6.03 Å². The molecule has 1 heterocycles. The number of hydrogen-bond acceptors (Lipinski definition) is 3. The summed E-state index contributed by atoms with van der Waals surface area (Å²) in [6.07, 6.45) is 7.07. The zero-order valence-electron chi connectivity index (χ0n) is 14.6. The first kappa shape index (κ1) is 17.4. The van der Waals surface area contributed by atoms with Crippen LogP contribution in [0.25, 0.3) is 0 Å². The van der Waals surface area contributed by atoms with Crippen LogP contribution in [-0.2, 0) is 6.42 Å². The predicted octanol–water partition coefficient (Wildman–Crippen LogP) is 3.68. The molecule has 1 unspecified atom stereocenters. The summed E-state index contributed by atoms with van der Waals surface area (Å²) in [6.45, 7) is 2.54. The monoisotopic (exact) mass is 339 g/mol. The summed E-state index contributed by atoms with van der Waals surface area (Å²) in [5, 5.41) is 12.3. The molecule has 1 aromatic heterocycles. The normalized spacial score (nSPS) is 16.2. The van der Waals surface area contributed by atoms with Crippen molar-refractivity contribution in [1.82, 2.24) is 9.88 Å². The first-order chi connectivity index (χ1) is 12.2. The summed E-state index contributed by atoms with van der Waals surface area (Å²) in [6, 6.07) is 10.1. The molecule has 1 aromatic carbocycles. The molecule has 1 aliphatic rings. The summed E-state index contributed by atoms with van der Waals surface area (Å²) in [5.74, 6) is 0. The minimum atomic E-state index is -0.121. The van der Waals surface area contributed by atoms with Crippen LogP contribution in [0.5, 0.6) is 0 Å². The number of carbonyl (C=O) groups excluding carboxylic acids is 1. The number of urea groups is 1. The van der Waals surface area contributed by atoms with Gasteiger partial charge < -0.3 is 15.3 Å². The average Bonchev–Trinajstić information content (AvgIpc) is 2.64. The molecule has 0 spiro atoms. The SMILES string of the molecule is Cc1cnccc1NC(=O)N(CCCO)C1CCCc2ccccc21. The molecule has 0 aliphatic heterocycles. The van der Waals surface area contributed by atoms with Crippen molar-refractivity contribution < 1.29 is 9.90 Å². The number of aliphatic hydroxyl groups excluding tert-OH is 1. The molecule has 3 rings (SSSR count). The largest absolute Gasteiger partial charge is 0.396 e. The van der Waals surface area contributed by atoms with Crippen LogP contribution < -0.4 is 5.32 Å². The van der Waals surface area contributed by atoms with Crippen molar-refractivity contribution in [2.75, 3.05) is 18.5 Å². The van der Waals surface area contributed by atoms with E-state index >= 15 is 0 Å². The molecule has 2 N–H and O–H groups in total. The highest BCUT2D eigenvalue weighted by Gasteiger charge is 2.29. The molecular formula is C20H25N3O2. The van der Waals surface area contributed by atoms with Crippen LogP contribution in [0.1, 0.15) is 42.0 Å². The van der Waals surface area contributed by atoms with Crippen molar-refractivity contribution in [1.29, 1.82) is 0 Å². The van der Waals surface area contributed by atoms with Crippen molar-refractivity contribution in [2.45, 2.75) is 38.6 Å². The van der Waals surface area contributed by atoms with Gasteiger partial charge in [-0.2, -0.15) is 0 Å². The van der Waals surface area contributed by atoms with Gasteiger partial charge in [0, 0.05) is 31.2 Å². The number of aromatic nitrogens is 1. The van der Waals surface area contributed by atoms with Crippen LogP contribution in [0.3, 0.4) is 0 Å². The van der Waals surface area contributed by atoms with E-state index < -0.39 is 0 Å². The van der Waals surface area contributed by atoms with E-state index in [9.17, 15) is 9.90 Å². The Bertz CT molecular complexity index is 732. The maximum Gasteiger partial charge on any atom is 0.322 e. The minimum absolute atomic E-state index is 0.0543. The second-order valence-corrected chi connectivity index (χ2v) is 6.50. The Morgan fingerprint density at radius 2 is 2.20 bits per heavy atom. The van der Waals surface area contributed by atoms with Crippen molar-refractivity contribution in [3.63, 3.8) is 0 Å². The summed E-state index contributed by atoms with van der Waals surface area (Å²) >= 11 is 0. The summed E-state index contributed by atoms with van der Waals surface area (Å²) in [7, 11) is 0. The predicted molar refractivity (Wildman–Crippen MR) is 98.5 cm³/mol. The van der Waals surface area contributed by atoms with Crippen LogP contribution >= 0.6 is 0 Å². The van der Waals surface area contributed by atoms with Gasteiger partial charge in [0.15, 0.2) is 0 Å². The fraction of sp³-hybridized carbons (Fsp3) is 0.400. The Labute approximate surface area is 148 Å². The highest BCUT2D eigenvalue weighted by molar-refractivity contribution is 5.90. The molecule has 1 atom stereocenters. The lowest BCUT2D eigenvalue weighted by Gasteiger charge is -2.36. The van der Waals surface area contributed by atoms with E-state index in [1.165, 1.54) is 11.1 Å². The molecule has 1 aliphatic carbocycles. The molecule has 0 bridgehead atoms. The molecule has 0 radical (unpaired) electrons. The number of amides is 2. The molecule has 0 saturated carbocycles. The van der Waals surface area contributed by atoms with Crippen molar-refractivity contribution in [3.8, 4) is 0 Å². The number of hydrogen-bond donors (Lipinski definition) is 2. The molecule has 132 valence electrons. The van der Waals surface area contributed by atoms with E-state index in [2.05, 4.69) is 28.5 Å². The van der Waals surface area contributed by atoms with Gasteiger partial charge in [0.2, 0.25) is 0 Å². The van der Waals surface area contributed by atoms with Crippen LogP contribution in [0, 0.1) is 6.92 Å². The summed E-state index contributed by atoms with van der Waals surface area (Å²) < 4.78 is 0. The number of aryl methyl sites for hydroxylation is 2. The van der Waals surface area contributed by atoms with E-state index in [0.717, 1.165) is 30.5 Å². The Hall–Kier alpha value is -2.40. The number of fused-ring (bicyclic) bond motifs is 1. The third kappa shape index (κ3) is 3.99. The van der Waals surface area contributed by atoms with Crippen LogP contribution in [-0.4, -0.2) is 34.2 Å². The van der Waals surface area contributed by atoms with E-state index in [1.807, 2.05) is 24.0 Å². The van der Waals surface area contributed by atoms with Crippen molar-refractivity contribution >= 4 is 11.7 Å². The topological polar surface area (TPSA) is 65.5 Å². The number of pyridine rings is 1. The Balaban J connectivity index is 1.85. The van der Waals surface area contributed by atoms with Gasteiger partial charge in [0.25, 0.3) is 0 Å². The quantitative estimate of drug-likeness (QED) is 0.873. The second kappa shape index (κ2) is 8.12. The second-order valence-electron chi connectivity index (χ2n) is 6.50. The first-order valence-electron chi connectivity index (χ1n) is 8.87. The van der Waals surface area contributed by atoms with Gasteiger partial charge in [0.05, 0.1) is 6.04 Å². The molecule has 5 heteroatoms. The van der Waals surface area contributed by atoms with Gasteiger partial charge in [-0.05, 0) is 55.4 Å². The number of benzene rings is 1. The smallest absolute Gasteiger partial charge is 0.322 e. The van der Waals surface area contributed by atoms with Crippen LogP contribution in [0.4, 0.5) is 10.5 Å². The maximum atomic E-state index is 13.0. The Morgan fingerprint density at radius 3 is 3.00 bits per heavy atom. The zero-order chi connectivity index (χ0) is 17.6. The van der Waals surface area contributed by atoms with E-state index in [4.69, 9.17) is 0 Å². The van der Waals surface area contributed by atoms with Crippen LogP contribution in [0.15, 0.2) is 42.7 Å². The molecule has 0 fully saturated rings. The highest BCUT2D eigenvalue weighted by atomic mass is 16.3. The Morgan fingerprint density at radius 1 is 1.36 bits per heavy atom. The lowest BCUT2D eigenvalue weighted by Crippen LogP contribution is -2.40. The number of carbonyl (C=O) groups is 1. The maximum absolute atomic E-state index is 13.0. The average molecular weight is 339 g/mol. The summed E-state index contributed by atoms with van der Waals surface area (Å²) in [4.78, 5) is 18.9. The van der Waals surface area contributed by atoms with Crippen LogP contribution in [0.2, 0.25) is 0 Å². The van der Waals surface area contributed by atoms with E-state index in [0.29, 0.717) is 13.0 Å². The van der Waals surface area contributed by atoms with Crippen molar-refractivity contribution in [3.05, 3.63) is 59.4 Å².